The first-order chi connectivity index (χ1) is 22.8. The van der Waals surface area contributed by atoms with Crippen LogP contribution in [0.15, 0.2) is 60.0 Å². The van der Waals surface area contributed by atoms with Gasteiger partial charge in [-0.25, -0.2) is 9.97 Å². The van der Waals surface area contributed by atoms with Crippen LogP contribution in [0.4, 0.5) is 11.6 Å². The number of ketones is 3. The van der Waals surface area contributed by atoms with E-state index in [2.05, 4.69) is 31.2 Å². The lowest BCUT2D eigenvalue weighted by Gasteiger charge is -2.48. The van der Waals surface area contributed by atoms with Gasteiger partial charge in [-0.05, 0) is 77.6 Å². The Labute approximate surface area is 275 Å². The Morgan fingerprint density at radius 1 is 0.667 bits per heavy atom. The number of amides is 4. The number of rotatable bonds is 2. The van der Waals surface area contributed by atoms with E-state index in [4.69, 9.17) is 0 Å². The molecule has 2 aromatic heterocycles. The summed E-state index contributed by atoms with van der Waals surface area (Å²) in [6.07, 6.45) is 9.21. The number of pyridine rings is 2. The summed E-state index contributed by atoms with van der Waals surface area (Å²) in [5.41, 5.74) is 1.45. The number of nitrogens with zero attached hydrogens (tertiary/aromatic N) is 4. The molecule has 2 atom stereocenters. The van der Waals surface area contributed by atoms with E-state index >= 15 is 0 Å². The Morgan fingerprint density at radius 3 is 1.35 bits per heavy atom. The first-order valence-electron chi connectivity index (χ1n) is 15.5. The van der Waals surface area contributed by atoms with Crippen molar-refractivity contribution in [1.82, 2.24) is 31.2 Å². The Morgan fingerprint density at radius 2 is 1.02 bits per heavy atom. The van der Waals surface area contributed by atoms with Gasteiger partial charge in [-0.3, -0.25) is 28.8 Å². The van der Waals surface area contributed by atoms with Gasteiger partial charge < -0.3 is 35.9 Å². The average molecular weight is 655 g/mol. The highest BCUT2D eigenvalue weighted by Crippen LogP contribution is 2.42. The van der Waals surface area contributed by atoms with Crippen LogP contribution in [-0.2, 0) is 24.0 Å². The third-order valence-electron chi connectivity index (χ3n) is 8.33. The number of Topliss-reactive ketones (excluding diaryl/α,β-unsaturated/α-hetero) is 3. The van der Waals surface area contributed by atoms with Crippen molar-refractivity contribution < 1.29 is 33.6 Å². The Balaban J connectivity index is 0.000000151. The molecular weight excluding hydrogens is 620 g/mol. The molecule has 4 aliphatic heterocycles. The fraction of sp³-hybridized carbons (Fsp3) is 0.364. The van der Waals surface area contributed by atoms with Gasteiger partial charge in [0.25, 0.3) is 23.4 Å². The lowest BCUT2D eigenvalue weighted by Crippen LogP contribution is -2.78. The molecule has 48 heavy (non-hydrogen) atoms. The van der Waals surface area contributed by atoms with E-state index in [1.807, 2.05) is 0 Å². The number of hydrogen-bond acceptors (Lipinski definition) is 11. The third-order valence-corrected chi connectivity index (χ3v) is 8.33. The number of carbonyl (C=O) groups is 7. The molecule has 4 amide bonds. The number of anilines is 2. The van der Waals surface area contributed by atoms with Crippen molar-refractivity contribution in [3.05, 3.63) is 71.1 Å². The molecule has 2 saturated carbocycles. The number of carbonyl (C=O) groups excluding carboxylic acids is 7. The molecule has 15 nitrogen and oxygen atoms in total. The highest BCUT2D eigenvalue weighted by Gasteiger charge is 2.58. The topological polar surface area (TPSA) is 200 Å². The lowest BCUT2D eigenvalue weighted by molar-refractivity contribution is -0.130. The number of nitrogens with one attached hydrogen (secondary N) is 4. The van der Waals surface area contributed by atoms with Gasteiger partial charge in [-0.2, -0.15) is 0 Å². The van der Waals surface area contributed by atoms with Crippen LogP contribution < -0.4 is 31.1 Å². The predicted octanol–water partition coefficient (Wildman–Crippen LogP) is 0.781. The zero-order valence-electron chi connectivity index (χ0n) is 26.7. The van der Waals surface area contributed by atoms with E-state index in [0.717, 1.165) is 25.7 Å². The first kappa shape index (κ1) is 32.2. The molecule has 0 unspecified atom stereocenters. The standard InChI is InChI=1S/2C15H14N4O3.C3H6O/c2*1-8-7-11(20)17-15(12(8)21)18-14(22)10-3-2-6-16-13(10)19(15)9-4-5-9;1-3(2)4/h2*2-3,6-7,9H,4-5H2,1H3,(H,17,20)(H,18,22);1-2H3/t2*15-;/m11./s1. The Kier molecular flexibility index (Phi) is 7.93. The van der Waals surface area contributed by atoms with E-state index in [9.17, 15) is 33.6 Å². The number of hydrogen-bond donors (Lipinski definition) is 4. The molecule has 2 aromatic rings. The van der Waals surface area contributed by atoms with E-state index in [0.29, 0.717) is 33.9 Å². The molecule has 8 rings (SSSR count). The molecule has 6 heterocycles. The van der Waals surface area contributed by atoms with Crippen LogP contribution in [-0.4, -0.2) is 74.6 Å². The van der Waals surface area contributed by atoms with Crippen molar-refractivity contribution in [2.24, 2.45) is 0 Å². The third kappa shape index (κ3) is 5.50. The van der Waals surface area contributed by atoms with Crippen LogP contribution in [0.25, 0.3) is 0 Å². The molecule has 248 valence electrons. The van der Waals surface area contributed by atoms with Crippen molar-refractivity contribution in [2.75, 3.05) is 9.80 Å². The molecular formula is C33H34N8O7. The van der Waals surface area contributed by atoms with E-state index in [1.165, 1.54) is 26.0 Å². The minimum Gasteiger partial charge on any atom is -0.306 e. The summed E-state index contributed by atoms with van der Waals surface area (Å²) in [4.78, 5) is 95.8. The second-order valence-corrected chi connectivity index (χ2v) is 12.5. The van der Waals surface area contributed by atoms with Gasteiger partial charge >= 0.3 is 0 Å². The highest BCUT2D eigenvalue weighted by molar-refractivity contribution is 6.18. The predicted molar refractivity (Wildman–Crippen MR) is 170 cm³/mol. The van der Waals surface area contributed by atoms with Crippen LogP contribution >= 0.6 is 0 Å². The summed E-state index contributed by atoms with van der Waals surface area (Å²) >= 11 is 0. The summed E-state index contributed by atoms with van der Waals surface area (Å²) in [6.45, 7) is 6.21. The summed E-state index contributed by atoms with van der Waals surface area (Å²) < 4.78 is 0. The molecule has 0 aromatic carbocycles. The fourth-order valence-electron chi connectivity index (χ4n) is 6.15. The minimum absolute atomic E-state index is 0.0735. The molecule has 2 spiro atoms. The Hall–Kier alpha value is -5.73. The van der Waals surface area contributed by atoms with Gasteiger partial charge in [0, 0.05) is 47.8 Å². The van der Waals surface area contributed by atoms with Gasteiger partial charge in [0.1, 0.15) is 17.4 Å². The van der Waals surface area contributed by atoms with Crippen molar-refractivity contribution in [3.8, 4) is 0 Å². The smallest absolute Gasteiger partial charge is 0.259 e. The van der Waals surface area contributed by atoms with Crippen molar-refractivity contribution >= 4 is 52.6 Å². The highest BCUT2D eigenvalue weighted by atomic mass is 16.2. The fourth-order valence-corrected chi connectivity index (χ4v) is 6.15. The lowest BCUT2D eigenvalue weighted by atomic mass is 9.96. The molecule has 0 saturated heterocycles. The zero-order chi connectivity index (χ0) is 34.5. The van der Waals surface area contributed by atoms with Crippen molar-refractivity contribution in [1.29, 1.82) is 0 Å². The van der Waals surface area contributed by atoms with Crippen LogP contribution in [0, 0.1) is 0 Å². The summed E-state index contributed by atoms with van der Waals surface area (Å²) in [5.74, 6) is -4.36. The van der Waals surface area contributed by atoms with Gasteiger partial charge in [0.2, 0.25) is 23.4 Å². The average Bonchev–Trinajstić information content (AvgIpc) is 3.95. The summed E-state index contributed by atoms with van der Waals surface area (Å²) in [5, 5.41) is 10.7. The molecule has 15 heteroatoms. The second kappa shape index (κ2) is 11.8. The molecule has 2 aliphatic carbocycles. The SMILES string of the molecule is CC(C)=O.CC1=CC(=O)N[C@@]2(NC(=O)c3cccnc3N2C2CC2)C1=O.CC1=CC(=O)N[C@@]2(NC(=O)c3cccnc3N2C2CC2)C1=O. The summed E-state index contributed by atoms with van der Waals surface area (Å²) in [7, 11) is 0. The van der Waals surface area contributed by atoms with Gasteiger partial charge in [0.15, 0.2) is 0 Å². The van der Waals surface area contributed by atoms with Crippen LogP contribution in [0.3, 0.4) is 0 Å². The van der Waals surface area contributed by atoms with Crippen molar-refractivity contribution in [2.45, 2.75) is 77.0 Å². The van der Waals surface area contributed by atoms with Gasteiger partial charge in [-0.1, -0.05) is 0 Å². The normalized spacial score (nSPS) is 25.5. The van der Waals surface area contributed by atoms with Gasteiger partial charge in [-0.15, -0.1) is 0 Å². The number of fused-ring (bicyclic) bond motifs is 2. The second-order valence-electron chi connectivity index (χ2n) is 12.5. The molecule has 0 bridgehead atoms. The van der Waals surface area contributed by atoms with E-state index in [1.54, 1.807) is 60.3 Å². The maximum Gasteiger partial charge on any atom is 0.259 e. The zero-order valence-corrected chi connectivity index (χ0v) is 26.7. The van der Waals surface area contributed by atoms with E-state index in [-0.39, 0.29) is 29.4 Å². The first-order valence-corrected chi connectivity index (χ1v) is 15.5. The van der Waals surface area contributed by atoms with Crippen LogP contribution in [0.5, 0.6) is 0 Å². The van der Waals surface area contributed by atoms with Crippen LogP contribution in [0.1, 0.15) is 74.1 Å². The maximum absolute atomic E-state index is 12.8. The molecule has 4 N–H and O–H groups in total. The Bertz CT molecular complexity index is 1730. The summed E-state index contributed by atoms with van der Waals surface area (Å²) in [6, 6.07) is 6.82. The number of aromatic nitrogens is 2. The van der Waals surface area contributed by atoms with Crippen molar-refractivity contribution in [3.63, 3.8) is 0 Å². The van der Waals surface area contributed by atoms with E-state index < -0.39 is 35.2 Å². The van der Waals surface area contributed by atoms with Gasteiger partial charge in [0.05, 0.1) is 11.1 Å². The molecule has 2 fully saturated rings. The van der Waals surface area contributed by atoms with Crippen LogP contribution in [0.2, 0.25) is 0 Å². The minimum atomic E-state index is -1.56. The maximum atomic E-state index is 12.8. The molecule has 0 radical (unpaired) electrons. The molecule has 6 aliphatic rings. The largest absolute Gasteiger partial charge is 0.306 e. The quantitative estimate of drug-likeness (QED) is 0.357. The monoisotopic (exact) mass is 654 g/mol.